The van der Waals surface area contributed by atoms with E-state index in [1.54, 1.807) is 29.2 Å². The van der Waals surface area contributed by atoms with E-state index in [1.807, 2.05) is 0 Å². The Morgan fingerprint density at radius 1 is 0.769 bits per heavy atom. The van der Waals surface area contributed by atoms with Crippen LogP contribution in [0.4, 0.5) is 14.5 Å². The molecule has 0 bridgehead atoms. The highest BCUT2D eigenvalue weighted by Gasteiger charge is 2.25. The normalized spacial score (nSPS) is 14.2. The minimum Gasteiger partial charge on any atom is -0.337 e. The van der Waals surface area contributed by atoms with Gasteiger partial charge < -0.3 is 9.80 Å². The van der Waals surface area contributed by atoms with Gasteiger partial charge in [-0.3, -0.25) is 19.3 Å². The molecular weight excluding hydrogens is 526 g/mol. The van der Waals surface area contributed by atoms with Crippen LogP contribution in [-0.4, -0.2) is 61.2 Å². The average molecular weight is 551 g/mol. The second-order valence-electron chi connectivity index (χ2n) is 9.08. The molecule has 1 aromatic heterocycles. The Hall–Kier alpha value is -4.38. The smallest absolute Gasteiger partial charge is 0.264 e. The molecule has 2 amide bonds. The van der Waals surface area contributed by atoms with Crippen LogP contribution in [0.15, 0.2) is 83.9 Å². The molecule has 0 atom stereocenters. The van der Waals surface area contributed by atoms with Crippen molar-refractivity contribution < 1.29 is 26.8 Å². The Balaban J connectivity index is 1.25. The number of pyridine rings is 1. The van der Waals surface area contributed by atoms with Gasteiger partial charge in [0, 0.05) is 54.6 Å². The molecule has 5 rings (SSSR count). The molecule has 1 saturated heterocycles. The van der Waals surface area contributed by atoms with Crippen LogP contribution in [0.2, 0.25) is 0 Å². The van der Waals surface area contributed by atoms with Crippen molar-refractivity contribution in [3.8, 4) is 0 Å². The first-order valence-electron chi connectivity index (χ1n) is 12.2. The first kappa shape index (κ1) is 26.2. The fraction of sp³-hybridized carbons (Fsp3) is 0.179. The zero-order valence-electron chi connectivity index (χ0n) is 20.7. The van der Waals surface area contributed by atoms with Crippen LogP contribution in [0.1, 0.15) is 27.1 Å². The number of anilines is 1. The van der Waals surface area contributed by atoms with Gasteiger partial charge in [-0.05, 0) is 61.0 Å². The van der Waals surface area contributed by atoms with Crippen molar-refractivity contribution >= 4 is 38.4 Å². The zero-order chi connectivity index (χ0) is 27.6. The first-order valence-corrected chi connectivity index (χ1v) is 13.7. The van der Waals surface area contributed by atoms with Crippen molar-refractivity contribution in [1.82, 2.24) is 14.8 Å². The summed E-state index contributed by atoms with van der Waals surface area (Å²) < 4.78 is 55.4. The van der Waals surface area contributed by atoms with Crippen molar-refractivity contribution in [3.05, 3.63) is 102 Å². The van der Waals surface area contributed by atoms with Crippen molar-refractivity contribution in [3.63, 3.8) is 0 Å². The van der Waals surface area contributed by atoms with Crippen molar-refractivity contribution in [2.24, 2.45) is 0 Å². The van der Waals surface area contributed by atoms with Crippen LogP contribution < -0.4 is 4.72 Å². The standard InChI is InChI=1S/C28H24F2N4O4S/c29-23-12-9-21(18-24(23)30)28(36)34-15-3-14-33(16-17-34)27(35)20-7-10-22(11-8-20)32-39(37,38)25-6-1-4-19-5-2-13-31-26(19)25/h1-2,4-13,18,32H,3,14-17H2. The van der Waals surface area contributed by atoms with Gasteiger partial charge >= 0.3 is 0 Å². The predicted octanol–water partition coefficient (Wildman–Crippen LogP) is 4.30. The number of halogens is 2. The number of benzene rings is 3. The van der Waals surface area contributed by atoms with Crippen LogP contribution in [-0.2, 0) is 10.0 Å². The van der Waals surface area contributed by atoms with E-state index in [0.717, 1.165) is 12.1 Å². The molecule has 2 heterocycles. The number of fused-ring (bicyclic) bond motifs is 1. The number of carbonyl (C=O) groups excluding carboxylic acids is 2. The second kappa shape index (κ2) is 10.8. The van der Waals surface area contributed by atoms with Crippen LogP contribution >= 0.6 is 0 Å². The lowest BCUT2D eigenvalue weighted by atomic mass is 10.2. The first-order chi connectivity index (χ1) is 18.7. The van der Waals surface area contributed by atoms with E-state index in [4.69, 9.17) is 0 Å². The molecule has 200 valence electrons. The monoisotopic (exact) mass is 550 g/mol. The van der Waals surface area contributed by atoms with Gasteiger partial charge in [-0.1, -0.05) is 18.2 Å². The molecule has 0 radical (unpaired) electrons. The summed E-state index contributed by atoms with van der Waals surface area (Å²) in [6.45, 7) is 1.27. The molecule has 1 fully saturated rings. The van der Waals surface area contributed by atoms with Crippen molar-refractivity contribution in [1.29, 1.82) is 0 Å². The van der Waals surface area contributed by atoms with E-state index in [-0.39, 0.29) is 29.5 Å². The fourth-order valence-electron chi connectivity index (χ4n) is 4.50. The van der Waals surface area contributed by atoms with Crippen molar-refractivity contribution in [2.45, 2.75) is 11.3 Å². The molecule has 39 heavy (non-hydrogen) atoms. The number of nitrogens with one attached hydrogen (secondary N) is 1. The molecule has 3 aromatic carbocycles. The molecule has 8 nitrogen and oxygen atoms in total. The molecule has 0 aliphatic carbocycles. The maximum absolute atomic E-state index is 13.6. The Morgan fingerprint density at radius 3 is 2.10 bits per heavy atom. The van der Waals surface area contributed by atoms with Gasteiger partial charge in [0.2, 0.25) is 0 Å². The molecule has 0 unspecified atom stereocenters. The lowest BCUT2D eigenvalue weighted by molar-refractivity contribution is 0.0718. The summed E-state index contributed by atoms with van der Waals surface area (Å²) in [5.74, 6) is -2.80. The van der Waals surface area contributed by atoms with E-state index < -0.39 is 27.6 Å². The Morgan fingerprint density at radius 2 is 1.41 bits per heavy atom. The number of sulfonamides is 1. The van der Waals surface area contributed by atoms with E-state index in [1.165, 1.54) is 47.5 Å². The highest BCUT2D eigenvalue weighted by atomic mass is 32.2. The van der Waals surface area contributed by atoms with Gasteiger partial charge in [0.15, 0.2) is 11.6 Å². The Bertz CT molecular complexity index is 1660. The maximum Gasteiger partial charge on any atom is 0.264 e. The highest BCUT2D eigenvalue weighted by Crippen LogP contribution is 2.24. The van der Waals surface area contributed by atoms with Gasteiger partial charge in [0.05, 0.1) is 5.52 Å². The largest absolute Gasteiger partial charge is 0.337 e. The number of amides is 2. The van der Waals surface area contributed by atoms with Crippen LogP contribution in [0.5, 0.6) is 0 Å². The number of hydrogen-bond donors (Lipinski definition) is 1. The topological polar surface area (TPSA) is 99.7 Å². The molecule has 1 N–H and O–H groups in total. The quantitative estimate of drug-likeness (QED) is 0.400. The number of para-hydroxylation sites is 1. The maximum atomic E-state index is 13.6. The number of nitrogens with zero attached hydrogens (tertiary/aromatic N) is 3. The number of carbonyl (C=O) groups is 2. The van der Waals surface area contributed by atoms with E-state index in [9.17, 15) is 26.8 Å². The number of rotatable bonds is 5. The van der Waals surface area contributed by atoms with Gasteiger partial charge in [-0.2, -0.15) is 0 Å². The molecule has 0 saturated carbocycles. The summed E-state index contributed by atoms with van der Waals surface area (Å²) in [6, 6.07) is 17.5. The van der Waals surface area contributed by atoms with Gasteiger partial charge in [-0.25, -0.2) is 17.2 Å². The van der Waals surface area contributed by atoms with E-state index >= 15 is 0 Å². The summed E-state index contributed by atoms with van der Waals surface area (Å²) in [5.41, 5.74) is 1.06. The predicted molar refractivity (Wildman–Crippen MR) is 142 cm³/mol. The average Bonchev–Trinajstić information content (AvgIpc) is 3.20. The third kappa shape index (κ3) is 5.58. The van der Waals surface area contributed by atoms with Crippen LogP contribution in [0.3, 0.4) is 0 Å². The highest BCUT2D eigenvalue weighted by molar-refractivity contribution is 7.93. The van der Waals surface area contributed by atoms with Crippen LogP contribution in [0.25, 0.3) is 10.9 Å². The lowest BCUT2D eigenvalue weighted by Gasteiger charge is -2.22. The summed E-state index contributed by atoms with van der Waals surface area (Å²) in [7, 11) is -3.93. The van der Waals surface area contributed by atoms with Crippen LogP contribution in [0, 0.1) is 11.6 Å². The summed E-state index contributed by atoms with van der Waals surface area (Å²) in [6.07, 6.45) is 2.04. The van der Waals surface area contributed by atoms with Gasteiger partial charge in [0.1, 0.15) is 4.90 Å². The zero-order valence-corrected chi connectivity index (χ0v) is 21.5. The van der Waals surface area contributed by atoms with Gasteiger partial charge in [0.25, 0.3) is 21.8 Å². The number of aromatic nitrogens is 1. The van der Waals surface area contributed by atoms with E-state index in [2.05, 4.69) is 9.71 Å². The van der Waals surface area contributed by atoms with E-state index in [0.29, 0.717) is 41.7 Å². The summed E-state index contributed by atoms with van der Waals surface area (Å²) >= 11 is 0. The molecule has 0 spiro atoms. The number of hydrogen-bond acceptors (Lipinski definition) is 5. The minimum absolute atomic E-state index is 0.0472. The molecule has 1 aliphatic heterocycles. The third-order valence-corrected chi connectivity index (χ3v) is 7.92. The van der Waals surface area contributed by atoms with Gasteiger partial charge in [-0.15, -0.1) is 0 Å². The summed E-state index contributed by atoms with van der Waals surface area (Å²) in [5, 5.41) is 0.698. The third-order valence-electron chi connectivity index (χ3n) is 6.51. The minimum atomic E-state index is -3.93. The second-order valence-corrected chi connectivity index (χ2v) is 10.7. The summed E-state index contributed by atoms with van der Waals surface area (Å²) in [4.78, 5) is 33.3. The fourth-order valence-corrected chi connectivity index (χ4v) is 5.74. The molecule has 11 heteroatoms. The Kier molecular flexibility index (Phi) is 7.25. The SMILES string of the molecule is O=C(c1ccc(NS(=O)(=O)c2cccc3cccnc23)cc1)N1CCCN(C(=O)c2ccc(F)c(F)c2)CC1. The Labute approximate surface area is 223 Å². The molecule has 4 aromatic rings. The lowest BCUT2D eigenvalue weighted by Crippen LogP contribution is -2.37. The molecule has 1 aliphatic rings. The van der Waals surface area contributed by atoms with Crippen molar-refractivity contribution in [2.75, 3.05) is 30.9 Å². The molecular formula is C28H24F2N4O4S.